The lowest BCUT2D eigenvalue weighted by Crippen LogP contribution is -2.32. The lowest BCUT2D eigenvalue weighted by atomic mass is 10.2. The molecule has 0 bridgehead atoms. The highest BCUT2D eigenvalue weighted by molar-refractivity contribution is 6.36. The van der Waals surface area contributed by atoms with Crippen LogP contribution in [0.2, 0.25) is 15.2 Å². The zero-order valence-electron chi connectivity index (χ0n) is 14.0. The third-order valence-electron chi connectivity index (χ3n) is 3.51. The number of nitrogens with one attached hydrogen (secondary N) is 1. The Balaban J connectivity index is 2.48. The van der Waals surface area contributed by atoms with Gasteiger partial charge in [0.1, 0.15) is 5.15 Å². The maximum Gasteiger partial charge on any atom is 0.294 e. The van der Waals surface area contributed by atoms with Gasteiger partial charge in [0.15, 0.2) is 5.82 Å². The Kier molecular flexibility index (Phi) is 7.10. The van der Waals surface area contributed by atoms with E-state index in [0.717, 1.165) is 5.56 Å². The predicted molar refractivity (Wildman–Crippen MR) is 101 cm³/mol. The molecule has 0 spiro atoms. The largest absolute Gasteiger partial charge is 0.382 e. The van der Waals surface area contributed by atoms with Crippen LogP contribution >= 0.6 is 34.8 Å². The van der Waals surface area contributed by atoms with Gasteiger partial charge in [0, 0.05) is 25.4 Å². The molecule has 0 fully saturated rings. The second-order valence-corrected chi connectivity index (χ2v) is 6.62. The molecule has 0 saturated carbocycles. The van der Waals surface area contributed by atoms with Crippen molar-refractivity contribution in [2.24, 2.45) is 0 Å². The van der Waals surface area contributed by atoms with Crippen LogP contribution in [0.3, 0.4) is 0 Å². The first-order valence-electron chi connectivity index (χ1n) is 7.36. The molecule has 1 heterocycles. The van der Waals surface area contributed by atoms with E-state index in [9.17, 15) is 4.79 Å². The van der Waals surface area contributed by atoms with Crippen molar-refractivity contribution in [1.29, 1.82) is 0 Å². The van der Waals surface area contributed by atoms with Crippen molar-refractivity contribution in [2.75, 3.05) is 32.8 Å². The fraction of sp³-hybridized carbons (Fsp3) is 0.375. The highest BCUT2D eigenvalue weighted by atomic mass is 35.5. The molecule has 2 aromatic rings. The first kappa shape index (κ1) is 20.0. The van der Waals surface area contributed by atoms with Crippen molar-refractivity contribution in [3.8, 4) is 0 Å². The van der Waals surface area contributed by atoms with Gasteiger partial charge in [-0.1, -0.05) is 34.8 Å². The van der Waals surface area contributed by atoms with E-state index in [4.69, 9.17) is 44.3 Å². The van der Waals surface area contributed by atoms with E-state index >= 15 is 0 Å². The van der Waals surface area contributed by atoms with E-state index in [1.54, 1.807) is 26.4 Å². The van der Waals surface area contributed by atoms with Crippen LogP contribution in [0.25, 0.3) is 0 Å². The van der Waals surface area contributed by atoms with E-state index in [1.807, 2.05) is 6.92 Å². The summed E-state index contributed by atoms with van der Waals surface area (Å²) in [5.41, 5.74) is 0.948. The van der Waals surface area contributed by atoms with Crippen LogP contribution in [0.15, 0.2) is 23.1 Å². The van der Waals surface area contributed by atoms with Gasteiger partial charge in [-0.3, -0.25) is 4.79 Å². The first-order valence-corrected chi connectivity index (χ1v) is 8.50. The van der Waals surface area contributed by atoms with Crippen LogP contribution in [0.1, 0.15) is 11.6 Å². The molecule has 1 N–H and O–H groups in total. The van der Waals surface area contributed by atoms with Gasteiger partial charge in [-0.05, 0) is 24.6 Å². The Morgan fingerprint density at radius 3 is 2.40 bits per heavy atom. The maximum absolute atomic E-state index is 12.8. The number of rotatable bonds is 7. The summed E-state index contributed by atoms with van der Waals surface area (Å²) in [5, 5.41) is 3.99. The number of aromatic nitrogens is 2. The molecule has 0 aliphatic heterocycles. The SMILES string of the molecule is COCC(COC)n1cc(Cl)nc(Nc2c(C)cc(Cl)cc2Cl)c1=O. The summed E-state index contributed by atoms with van der Waals surface area (Å²) in [6.07, 6.45) is 1.45. The summed E-state index contributed by atoms with van der Waals surface area (Å²) < 4.78 is 11.7. The Morgan fingerprint density at radius 1 is 1.20 bits per heavy atom. The molecular formula is C16H18Cl3N3O3. The van der Waals surface area contributed by atoms with Gasteiger partial charge in [0.25, 0.3) is 5.56 Å². The number of methoxy groups -OCH3 is 2. The van der Waals surface area contributed by atoms with Crippen molar-refractivity contribution >= 4 is 46.3 Å². The van der Waals surface area contributed by atoms with Crippen molar-refractivity contribution in [3.63, 3.8) is 0 Å². The lowest BCUT2D eigenvalue weighted by molar-refractivity contribution is 0.0879. The minimum atomic E-state index is -0.367. The first-order chi connectivity index (χ1) is 11.9. The minimum absolute atomic E-state index is 0.0528. The van der Waals surface area contributed by atoms with Crippen molar-refractivity contribution in [1.82, 2.24) is 9.55 Å². The van der Waals surface area contributed by atoms with Gasteiger partial charge in [-0.2, -0.15) is 0 Å². The quantitative estimate of drug-likeness (QED) is 0.750. The number of anilines is 2. The Hall–Kier alpha value is -1.31. The second-order valence-electron chi connectivity index (χ2n) is 5.39. The minimum Gasteiger partial charge on any atom is -0.382 e. The Bertz CT molecular complexity index is 782. The van der Waals surface area contributed by atoms with Crippen molar-refractivity contribution < 1.29 is 9.47 Å². The van der Waals surface area contributed by atoms with E-state index in [0.29, 0.717) is 15.7 Å². The molecule has 0 saturated heterocycles. The third-order valence-corrected chi connectivity index (χ3v) is 4.21. The lowest BCUT2D eigenvalue weighted by Gasteiger charge is -2.20. The average Bonchev–Trinajstić information content (AvgIpc) is 2.53. The van der Waals surface area contributed by atoms with Gasteiger partial charge in [0.05, 0.1) is 30.0 Å². The normalized spacial score (nSPS) is 11.2. The molecule has 0 atom stereocenters. The number of hydrogen-bond donors (Lipinski definition) is 1. The fourth-order valence-electron chi connectivity index (χ4n) is 2.40. The second kappa shape index (κ2) is 8.87. The molecular weight excluding hydrogens is 389 g/mol. The summed E-state index contributed by atoms with van der Waals surface area (Å²) in [4.78, 5) is 16.9. The van der Waals surface area contributed by atoms with Crippen LogP contribution in [-0.4, -0.2) is 37.0 Å². The molecule has 0 amide bonds. The average molecular weight is 407 g/mol. The number of benzene rings is 1. The van der Waals surface area contributed by atoms with Crippen LogP contribution in [0.5, 0.6) is 0 Å². The number of halogens is 3. The summed E-state index contributed by atoms with van der Waals surface area (Å²) in [7, 11) is 3.10. The predicted octanol–water partition coefficient (Wildman–Crippen LogP) is 4.09. The molecule has 6 nitrogen and oxygen atoms in total. The molecule has 0 aliphatic rings. The van der Waals surface area contributed by atoms with Crippen LogP contribution in [0, 0.1) is 6.92 Å². The molecule has 136 valence electrons. The van der Waals surface area contributed by atoms with Gasteiger partial charge in [-0.25, -0.2) is 4.98 Å². The van der Waals surface area contributed by atoms with Gasteiger partial charge < -0.3 is 19.4 Å². The molecule has 25 heavy (non-hydrogen) atoms. The fourth-order valence-corrected chi connectivity index (χ4v) is 3.24. The number of aryl methyl sites for hydroxylation is 1. The summed E-state index contributed by atoms with van der Waals surface area (Å²) in [6.45, 7) is 2.39. The topological polar surface area (TPSA) is 65.4 Å². The number of nitrogens with zero attached hydrogens (tertiary/aromatic N) is 2. The van der Waals surface area contributed by atoms with E-state index in [-0.39, 0.29) is 35.8 Å². The summed E-state index contributed by atoms with van der Waals surface area (Å²) in [5.74, 6) is 0.0528. The molecule has 0 aliphatic carbocycles. The Morgan fingerprint density at radius 2 is 1.84 bits per heavy atom. The van der Waals surface area contributed by atoms with Crippen LogP contribution in [0.4, 0.5) is 11.5 Å². The van der Waals surface area contributed by atoms with Crippen molar-refractivity contribution in [2.45, 2.75) is 13.0 Å². The molecule has 0 radical (unpaired) electrons. The smallest absolute Gasteiger partial charge is 0.294 e. The highest BCUT2D eigenvalue weighted by Crippen LogP contribution is 2.31. The standard InChI is InChI=1S/C16H18Cl3N3O3/c1-9-4-10(17)5-12(18)14(9)21-15-16(23)22(6-13(19)20-15)11(7-24-2)8-25-3/h4-6,11H,7-8H2,1-3H3,(H,20,21). The zero-order chi connectivity index (χ0) is 18.6. The van der Waals surface area contributed by atoms with Crippen LogP contribution in [-0.2, 0) is 9.47 Å². The Labute approximate surface area is 160 Å². The van der Waals surface area contributed by atoms with E-state index in [2.05, 4.69) is 10.3 Å². The van der Waals surface area contributed by atoms with E-state index in [1.165, 1.54) is 10.8 Å². The van der Waals surface area contributed by atoms with Gasteiger partial charge >= 0.3 is 0 Å². The summed E-state index contributed by atoms with van der Waals surface area (Å²) in [6, 6.07) is 2.97. The molecule has 1 aromatic heterocycles. The maximum atomic E-state index is 12.8. The summed E-state index contributed by atoms with van der Waals surface area (Å²) >= 11 is 18.3. The molecule has 9 heteroatoms. The van der Waals surface area contributed by atoms with Crippen LogP contribution < -0.4 is 10.9 Å². The number of hydrogen-bond acceptors (Lipinski definition) is 5. The third kappa shape index (κ3) is 4.86. The monoisotopic (exact) mass is 405 g/mol. The highest BCUT2D eigenvalue weighted by Gasteiger charge is 2.18. The molecule has 0 unspecified atom stereocenters. The van der Waals surface area contributed by atoms with E-state index < -0.39 is 0 Å². The molecule has 1 aromatic carbocycles. The zero-order valence-corrected chi connectivity index (χ0v) is 16.2. The van der Waals surface area contributed by atoms with Crippen molar-refractivity contribution in [3.05, 3.63) is 49.4 Å². The number of ether oxygens (including phenoxy) is 2. The van der Waals surface area contributed by atoms with Gasteiger partial charge in [-0.15, -0.1) is 0 Å². The van der Waals surface area contributed by atoms with Gasteiger partial charge in [0.2, 0.25) is 0 Å². The molecule has 2 rings (SSSR count).